The number of rotatable bonds is 7. The van der Waals surface area contributed by atoms with Crippen LogP contribution in [0.15, 0.2) is 29.0 Å². The summed E-state index contributed by atoms with van der Waals surface area (Å²) in [5, 5.41) is 13.9. The molecule has 0 radical (unpaired) electrons. The Balaban J connectivity index is 3.92. The maximum atomic E-state index is 11.3. The van der Waals surface area contributed by atoms with E-state index in [1.54, 1.807) is 12.2 Å². The first-order chi connectivity index (χ1) is 7.24. The molecule has 0 saturated heterocycles. The Labute approximate surface area is 89.6 Å². The van der Waals surface area contributed by atoms with Crippen molar-refractivity contribution in [1.29, 1.82) is 0 Å². The summed E-state index contributed by atoms with van der Waals surface area (Å²) in [6, 6.07) is 0. The van der Waals surface area contributed by atoms with Gasteiger partial charge in [-0.15, -0.1) is 0 Å². The minimum absolute atomic E-state index is 0.0179. The smallest absolute Gasteiger partial charge is 0.238 e. The van der Waals surface area contributed by atoms with Crippen LogP contribution in [-0.2, 0) is 4.79 Å². The van der Waals surface area contributed by atoms with Crippen molar-refractivity contribution in [3.05, 3.63) is 24.0 Å². The van der Waals surface area contributed by atoms with Crippen LogP contribution in [0.3, 0.4) is 0 Å². The molecule has 0 aromatic heterocycles. The molecular weight excluding hydrogens is 194 g/mol. The van der Waals surface area contributed by atoms with Gasteiger partial charge in [-0.2, -0.15) is 0 Å². The second kappa shape index (κ2) is 9.11. The minimum atomic E-state index is -0.162. The van der Waals surface area contributed by atoms with E-state index >= 15 is 0 Å². The molecule has 0 aliphatic carbocycles. The van der Waals surface area contributed by atoms with Crippen molar-refractivity contribution in [2.45, 2.75) is 6.92 Å². The molecule has 15 heavy (non-hydrogen) atoms. The van der Waals surface area contributed by atoms with E-state index in [1.807, 2.05) is 6.92 Å². The number of aliphatic imine (C=N–C) groups is 1. The molecule has 1 amide bonds. The second-order valence-corrected chi connectivity index (χ2v) is 2.69. The number of allylic oxidation sites excluding steroid dienone is 2. The Bertz CT molecular complexity index is 259. The molecule has 0 aliphatic rings. The molecule has 0 bridgehead atoms. The van der Waals surface area contributed by atoms with Gasteiger partial charge >= 0.3 is 0 Å². The van der Waals surface area contributed by atoms with E-state index in [0.717, 1.165) is 0 Å². The van der Waals surface area contributed by atoms with Gasteiger partial charge in [-0.3, -0.25) is 9.79 Å². The molecule has 0 aromatic rings. The number of hydrogen-bond acceptors (Lipinski definition) is 4. The molecule has 0 aliphatic heterocycles. The highest BCUT2D eigenvalue weighted by Gasteiger charge is 2.00. The SMILES string of the molecule is C=N/C=C\C(=C/C)NC(=O)CNCCO. The van der Waals surface area contributed by atoms with Crippen molar-refractivity contribution >= 4 is 12.6 Å². The lowest BCUT2D eigenvalue weighted by atomic mass is 10.4. The Kier molecular flexibility index (Phi) is 8.22. The Hall–Kier alpha value is -1.46. The molecule has 0 fully saturated rings. The van der Waals surface area contributed by atoms with Crippen LogP contribution in [-0.4, -0.2) is 37.4 Å². The predicted molar refractivity (Wildman–Crippen MR) is 60.5 cm³/mol. The summed E-state index contributed by atoms with van der Waals surface area (Å²) in [6.07, 6.45) is 4.90. The fourth-order valence-electron chi connectivity index (χ4n) is 0.829. The van der Waals surface area contributed by atoms with Crippen LogP contribution in [0.5, 0.6) is 0 Å². The van der Waals surface area contributed by atoms with Crippen molar-refractivity contribution < 1.29 is 9.90 Å². The summed E-state index contributed by atoms with van der Waals surface area (Å²) < 4.78 is 0. The third kappa shape index (κ3) is 7.60. The van der Waals surface area contributed by atoms with Crippen LogP contribution in [0, 0.1) is 0 Å². The Morgan fingerprint density at radius 3 is 2.87 bits per heavy atom. The lowest BCUT2D eigenvalue weighted by Crippen LogP contribution is -2.34. The molecule has 0 rings (SSSR count). The van der Waals surface area contributed by atoms with E-state index in [4.69, 9.17) is 5.11 Å². The quantitative estimate of drug-likeness (QED) is 0.310. The number of amides is 1. The van der Waals surface area contributed by atoms with E-state index in [2.05, 4.69) is 22.3 Å². The highest BCUT2D eigenvalue weighted by atomic mass is 16.3. The van der Waals surface area contributed by atoms with Crippen LogP contribution >= 0.6 is 0 Å². The molecule has 0 heterocycles. The second-order valence-electron chi connectivity index (χ2n) is 2.69. The van der Waals surface area contributed by atoms with Crippen LogP contribution in [0.4, 0.5) is 0 Å². The number of hydrogen-bond donors (Lipinski definition) is 3. The lowest BCUT2D eigenvalue weighted by Gasteiger charge is -2.05. The van der Waals surface area contributed by atoms with E-state index in [0.29, 0.717) is 12.2 Å². The number of carbonyl (C=O) groups is 1. The maximum absolute atomic E-state index is 11.3. The van der Waals surface area contributed by atoms with E-state index in [9.17, 15) is 4.79 Å². The summed E-state index contributed by atoms with van der Waals surface area (Å²) in [6.45, 7) is 5.70. The molecular formula is C10H17N3O2. The normalized spacial score (nSPS) is 11.7. The number of nitrogens with zero attached hydrogens (tertiary/aromatic N) is 1. The standard InChI is InChI=1S/C10H17N3O2/c1-3-9(4-5-11-2)13-10(15)8-12-6-7-14/h3-5,12,14H,2,6-8H2,1H3,(H,13,15)/b5-4-,9-3+. The van der Waals surface area contributed by atoms with Crippen molar-refractivity contribution in [2.75, 3.05) is 19.7 Å². The summed E-state index contributed by atoms with van der Waals surface area (Å²) in [5.74, 6) is -0.162. The summed E-state index contributed by atoms with van der Waals surface area (Å²) in [5.41, 5.74) is 0.665. The lowest BCUT2D eigenvalue weighted by molar-refractivity contribution is -0.119. The molecule has 0 aromatic carbocycles. The summed E-state index contributed by atoms with van der Waals surface area (Å²) >= 11 is 0. The molecule has 84 valence electrons. The van der Waals surface area contributed by atoms with Gasteiger partial charge in [0.05, 0.1) is 13.2 Å². The molecule has 0 unspecified atom stereocenters. The first-order valence-electron chi connectivity index (χ1n) is 4.64. The zero-order valence-corrected chi connectivity index (χ0v) is 8.86. The first-order valence-corrected chi connectivity index (χ1v) is 4.64. The van der Waals surface area contributed by atoms with Gasteiger partial charge in [0.2, 0.25) is 5.91 Å². The largest absolute Gasteiger partial charge is 0.395 e. The molecule has 0 saturated carbocycles. The minimum Gasteiger partial charge on any atom is -0.395 e. The van der Waals surface area contributed by atoms with Gasteiger partial charge < -0.3 is 15.7 Å². The monoisotopic (exact) mass is 211 g/mol. The molecule has 0 spiro atoms. The number of aliphatic hydroxyl groups excluding tert-OH is 1. The average Bonchev–Trinajstić information content (AvgIpc) is 2.24. The summed E-state index contributed by atoms with van der Waals surface area (Å²) in [4.78, 5) is 14.8. The van der Waals surface area contributed by atoms with Crippen molar-refractivity contribution in [3.63, 3.8) is 0 Å². The van der Waals surface area contributed by atoms with Crippen LogP contribution in [0.1, 0.15) is 6.92 Å². The van der Waals surface area contributed by atoms with Gasteiger partial charge in [0.15, 0.2) is 0 Å². The van der Waals surface area contributed by atoms with Crippen LogP contribution in [0.2, 0.25) is 0 Å². The van der Waals surface area contributed by atoms with Crippen LogP contribution in [0.25, 0.3) is 0 Å². The number of nitrogens with one attached hydrogen (secondary N) is 2. The first kappa shape index (κ1) is 13.5. The van der Waals surface area contributed by atoms with E-state index < -0.39 is 0 Å². The van der Waals surface area contributed by atoms with E-state index in [1.165, 1.54) is 6.20 Å². The summed E-state index contributed by atoms with van der Waals surface area (Å²) in [7, 11) is 0. The third-order valence-electron chi connectivity index (χ3n) is 1.53. The van der Waals surface area contributed by atoms with E-state index in [-0.39, 0.29) is 19.1 Å². The molecule has 5 heteroatoms. The Morgan fingerprint density at radius 1 is 1.60 bits per heavy atom. The van der Waals surface area contributed by atoms with Crippen LogP contribution < -0.4 is 10.6 Å². The Morgan fingerprint density at radius 2 is 2.33 bits per heavy atom. The fraction of sp³-hybridized carbons (Fsp3) is 0.400. The number of aliphatic hydroxyl groups is 1. The van der Waals surface area contributed by atoms with Gasteiger partial charge in [-0.05, 0) is 19.7 Å². The molecule has 3 N–H and O–H groups in total. The van der Waals surface area contributed by atoms with Crippen molar-refractivity contribution in [1.82, 2.24) is 10.6 Å². The zero-order chi connectivity index (χ0) is 11.5. The van der Waals surface area contributed by atoms with Gasteiger partial charge in [-0.1, -0.05) is 6.08 Å². The number of carbonyl (C=O) groups excluding carboxylic acids is 1. The van der Waals surface area contributed by atoms with Gasteiger partial charge in [0, 0.05) is 18.4 Å². The van der Waals surface area contributed by atoms with Gasteiger partial charge in [-0.25, -0.2) is 0 Å². The molecule has 0 atom stereocenters. The van der Waals surface area contributed by atoms with Gasteiger partial charge in [0.25, 0.3) is 0 Å². The highest BCUT2D eigenvalue weighted by molar-refractivity contribution is 5.80. The average molecular weight is 211 g/mol. The van der Waals surface area contributed by atoms with Crippen molar-refractivity contribution in [2.24, 2.45) is 4.99 Å². The van der Waals surface area contributed by atoms with Crippen molar-refractivity contribution in [3.8, 4) is 0 Å². The van der Waals surface area contributed by atoms with Gasteiger partial charge in [0.1, 0.15) is 0 Å². The third-order valence-corrected chi connectivity index (χ3v) is 1.53. The zero-order valence-electron chi connectivity index (χ0n) is 8.86. The predicted octanol–water partition coefficient (Wildman–Crippen LogP) is -0.197. The fourth-order valence-corrected chi connectivity index (χ4v) is 0.829. The molecule has 5 nitrogen and oxygen atoms in total. The highest BCUT2D eigenvalue weighted by Crippen LogP contribution is 1.91. The maximum Gasteiger partial charge on any atom is 0.238 e. The topological polar surface area (TPSA) is 73.7 Å².